The van der Waals surface area contributed by atoms with E-state index in [1.807, 2.05) is 49.4 Å². The van der Waals surface area contributed by atoms with E-state index in [1.165, 1.54) is 4.73 Å². The van der Waals surface area contributed by atoms with Crippen LogP contribution in [-0.2, 0) is 6.42 Å². The third-order valence-electron chi connectivity index (χ3n) is 5.84. The highest BCUT2D eigenvalue weighted by atomic mass is 35.5. The number of aromatic nitrogens is 2. The van der Waals surface area contributed by atoms with E-state index in [9.17, 15) is 9.59 Å². The van der Waals surface area contributed by atoms with Gasteiger partial charge in [-0.05, 0) is 68.8 Å². The number of halogens is 1. The molecule has 186 valence electrons. The molecule has 0 radical (unpaired) electrons. The van der Waals surface area contributed by atoms with Crippen LogP contribution in [0.25, 0.3) is 10.9 Å². The van der Waals surface area contributed by atoms with Gasteiger partial charge in [-0.3, -0.25) is 9.59 Å². The number of fused-ring (bicyclic) bond motifs is 1. The second-order valence-electron chi connectivity index (χ2n) is 8.60. The number of para-hydroxylation sites is 1. The Balaban J connectivity index is 1.59. The SMILES string of the molecule is Cc1ccc(C(=O)N(CCCN)CCCc2nc3cc(Cl)ccc3c(=O)n2Oc2ccccc2)cc1. The number of nitrogens with zero attached hydrogens (tertiary/aromatic N) is 3. The lowest BCUT2D eigenvalue weighted by atomic mass is 10.1. The predicted octanol–water partition coefficient (Wildman–Crippen LogP) is 4.62. The topological polar surface area (TPSA) is 90.5 Å². The number of hydrogen-bond acceptors (Lipinski definition) is 5. The Labute approximate surface area is 215 Å². The molecule has 7 nitrogen and oxygen atoms in total. The fraction of sp³-hybridized carbons (Fsp3) is 0.250. The minimum Gasteiger partial charge on any atom is -0.370 e. The molecule has 2 N–H and O–H groups in total. The molecule has 4 rings (SSSR count). The Morgan fingerprint density at radius 2 is 1.75 bits per heavy atom. The molecule has 0 atom stereocenters. The van der Waals surface area contributed by atoms with Crippen LogP contribution in [-0.4, -0.2) is 40.2 Å². The van der Waals surface area contributed by atoms with Crippen LogP contribution in [0.15, 0.2) is 77.6 Å². The van der Waals surface area contributed by atoms with Crippen molar-refractivity contribution in [3.63, 3.8) is 0 Å². The summed E-state index contributed by atoms with van der Waals surface area (Å²) in [6.45, 7) is 3.52. The molecule has 0 bridgehead atoms. The standard InChI is InChI=1S/C28H29ClN4O3/c1-20-10-12-21(13-11-20)27(34)32(18-6-16-30)17-5-9-26-31-25-19-22(29)14-15-24(25)28(35)33(26)36-23-7-3-2-4-8-23/h2-4,7-8,10-15,19H,5-6,9,16-18,30H2,1H3. The van der Waals surface area contributed by atoms with E-state index < -0.39 is 0 Å². The second-order valence-corrected chi connectivity index (χ2v) is 9.03. The minimum absolute atomic E-state index is 0.0420. The number of carbonyl (C=O) groups excluding carboxylic acids is 1. The smallest absolute Gasteiger partial charge is 0.294 e. The number of rotatable bonds is 10. The highest BCUT2D eigenvalue weighted by molar-refractivity contribution is 6.31. The molecule has 0 fully saturated rings. The molecular weight excluding hydrogens is 476 g/mol. The van der Waals surface area contributed by atoms with Crippen molar-refractivity contribution in [2.75, 3.05) is 19.6 Å². The molecule has 0 saturated carbocycles. The normalized spacial score (nSPS) is 11.0. The minimum atomic E-state index is -0.314. The number of amides is 1. The van der Waals surface area contributed by atoms with Crippen molar-refractivity contribution in [3.8, 4) is 5.75 Å². The largest absolute Gasteiger partial charge is 0.370 e. The summed E-state index contributed by atoms with van der Waals surface area (Å²) in [7, 11) is 0. The molecule has 3 aromatic carbocycles. The van der Waals surface area contributed by atoms with Crippen LogP contribution in [0.1, 0.15) is 34.6 Å². The first-order valence-corrected chi connectivity index (χ1v) is 12.3. The summed E-state index contributed by atoms with van der Waals surface area (Å²) in [5, 5.41) is 0.914. The van der Waals surface area contributed by atoms with Crippen LogP contribution >= 0.6 is 11.6 Å². The van der Waals surface area contributed by atoms with Crippen molar-refractivity contribution in [1.29, 1.82) is 0 Å². The van der Waals surface area contributed by atoms with E-state index in [2.05, 4.69) is 0 Å². The van der Waals surface area contributed by atoms with E-state index in [4.69, 9.17) is 27.2 Å². The maximum absolute atomic E-state index is 13.3. The van der Waals surface area contributed by atoms with E-state index in [0.717, 1.165) is 5.56 Å². The monoisotopic (exact) mass is 504 g/mol. The zero-order valence-corrected chi connectivity index (χ0v) is 20.9. The summed E-state index contributed by atoms with van der Waals surface area (Å²) in [4.78, 5) is 38.9. The molecule has 0 aliphatic carbocycles. The highest BCUT2D eigenvalue weighted by Gasteiger charge is 2.17. The molecule has 0 aliphatic heterocycles. The number of aryl methyl sites for hydroxylation is 2. The first-order chi connectivity index (χ1) is 17.5. The van der Waals surface area contributed by atoms with Crippen LogP contribution in [0, 0.1) is 6.92 Å². The Morgan fingerprint density at radius 3 is 2.47 bits per heavy atom. The fourth-order valence-electron chi connectivity index (χ4n) is 3.93. The number of benzene rings is 3. The molecule has 36 heavy (non-hydrogen) atoms. The zero-order valence-electron chi connectivity index (χ0n) is 20.2. The Morgan fingerprint density at radius 1 is 1.03 bits per heavy atom. The summed E-state index contributed by atoms with van der Waals surface area (Å²) in [5.74, 6) is 0.940. The summed E-state index contributed by atoms with van der Waals surface area (Å²) in [5.41, 5.74) is 7.64. The molecule has 0 aliphatic rings. The lowest BCUT2D eigenvalue weighted by Crippen LogP contribution is -2.35. The van der Waals surface area contributed by atoms with Crippen molar-refractivity contribution in [1.82, 2.24) is 14.6 Å². The summed E-state index contributed by atoms with van der Waals surface area (Å²) in [6, 6.07) is 21.6. The Kier molecular flexibility index (Phi) is 8.36. The van der Waals surface area contributed by atoms with Crippen molar-refractivity contribution < 1.29 is 9.63 Å². The molecule has 0 spiro atoms. The molecule has 1 heterocycles. The lowest BCUT2D eigenvalue weighted by Gasteiger charge is -2.23. The third kappa shape index (κ3) is 6.11. The second kappa shape index (κ2) is 11.8. The van der Waals surface area contributed by atoms with Crippen LogP contribution in [0.3, 0.4) is 0 Å². The molecule has 4 aromatic rings. The molecule has 0 saturated heterocycles. The molecule has 1 aromatic heterocycles. The van der Waals surface area contributed by atoms with Crippen LogP contribution in [0.5, 0.6) is 5.75 Å². The maximum atomic E-state index is 13.3. The van der Waals surface area contributed by atoms with Gasteiger partial charge in [-0.15, -0.1) is 4.73 Å². The number of carbonyl (C=O) groups is 1. The number of hydrogen-bond donors (Lipinski definition) is 1. The molecule has 8 heteroatoms. The van der Waals surface area contributed by atoms with Crippen molar-refractivity contribution in [2.24, 2.45) is 5.73 Å². The van der Waals surface area contributed by atoms with Crippen LogP contribution in [0.2, 0.25) is 5.02 Å². The Hall–Kier alpha value is -3.68. The van der Waals surface area contributed by atoms with Gasteiger partial charge in [0.15, 0.2) is 11.6 Å². The van der Waals surface area contributed by atoms with E-state index in [-0.39, 0.29) is 11.5 Å². The molecule has 0 unspecified atom stereocenters. The van der Waals surface area contributed by atoms with Gasteiger partial charge in [0.25, 0.3) is 11.5 Å². The van der Waals surface area contributed by atoms with Crippen molar-refractivity contribution >= 4 is 28.4 Å². The van der Waals surface area contributed by atoms with Gasteiger partial charge in [0.2, 0.25) is 0 Å². The van der Waals surface area contributed by atoms with Crippen molar-refractivity contribution in [2.45, 2.75) is 26.2 Å². The van der Waals surface area contributed by atoms with Gasteiger partial charge in [-0.1, -0.05) is 47.5 Å². The van der Waals surface area contributed by atoms with Crippen LogP contribution in [0.4, 0.5) is 0 Å². The van der Waals surface area contributed by atoms with Gasteiger partial charge in [0, 0.05) is 30.1 Å². The average Bonchev–Trinajstić information content (AvgIpc) is 2.88. The maximum Gasteiger partial charge on any atom is 0.294 e. The first-order valence-electron chi connectivity index (χ1n) is 12.0. The van der Waals surface area contributed by atoms with Gasteiger partial charge < -0.3 is 15.5 Å². The van der Waals surface area contributed by atoms with E-state index >= 15 is 0 Å². The summed E-state index contributed by atoms with van der Waals surface area (Å²) in [6.07, 6.45) is 1.70. The van der Waals surface area contributed by atoms with Gasteiger partial charge in [-0.2, -0.15) is 0 Å². The average molecular weight is 505 g/mol. The molecular formula is C28H29ClN4O3. The Bertz CT molecular complexity index is 1390. The summed E-state index contributed by atoms with van der Waals surface area (Å²) < 4.78 is 1.23. The predicted molar refractivity (Wildman–Crippen MR) is 143 cm³/mol. The van der Waals surface area contributed by atoms with Crippen LogP contribution < -0.4 is 16.1 Å². The zero-order chi connectivity index (χ0) is 25.5. The molecule has 1 amide bonds. The lowest BCUT2D eigenvalue weighted by molar-refractivity contribution is 0.0751. The van der Waals surface area contributed by atoms with Gasteiger partial charge >= 0.3 is 0 Å². The first kappa shape index (κ1) is 25.4. The quantitative estimate of drug-likeness (QED) is 0.340. The van der Waals surface area contributed by atoms with Gasteiger partial charge in [0.1, 0.15) is 0 Å². The van der Waals surface area contributed by atoms with E-state index in [0.29, 0.717) is 72.0 Å². The van der Waals surface area contributed by atoms with E-state index in [1.54, 1.807) is 35.2 Å². The fourth-order valence-corrected chi connectivity index (χ4v) is 4.10. The highest BCUT2D eigenvalue weighted by Crippen LogP contribution is 2.18. The van der Waals surface area contributed by atoms with Gasteiger partial charge in [-0.25, -0.2) is 4.98 Å². The number of nitrogens with two attached hydrogens (primary N) is 1. The van der Waals surface area contributed by atoms with Crippen molar-refractivity contribution in [3.05, 3.63) is 105 Å². The summed E-state index contributed by atoms with van der Waals surface area (Å²) >= 11 is 6.16. The van der Waals surface area contributed by atoms with Gasteiger partial charge in [0.05, 0.1) is 10.9 Å². The third-order valence-corrected chi connectivity index (χ3v) is 6.08.